The highest BCUT2D eigenvalue weighted by Gasteiger charge is 2.60. The van der Waals surface area contributed by atoms with Gasteiger partial charge in [-0.3, -0.25) is 0 Å². The van der Waals surface area contributed by atoms with E-state index in [1.165, 1.54) is 18.4 Å². The van der Waals surface area contributed by atoms with Crippen molar-refractivity contribution in [2.45, 2.75) is 97.4 Å². The Balaban J connectivity index is 2.51. The van der Waals surface area contributed by atoms with Crippen LogP contribution in [0.25, 0.3) is 0 Å². The molecule has 0 spiro atoms. The van der Waals surface area contributed by atoms with Gasteiger partial charge in [0.25, 0.3) is 0 Å². The molecule has 0 fully saturated rings. The van der Waals surface area contributed by atoms with Crippen LogP contribution in [0.15, 0.2) is 42.0 Å². The van der Waals surface area contributed by atoms with Crippen LogP contribution < -0.4 is 0 Å². The Morgan fingerprint density at radius 2 is 1.56 bits per heavy atom. The Hall–Kier alpha value is -0.863. The normalized spacial score (nSPS) is 22.1. The zero-order valence-electron chi connectivity index (χ0n) is 19.2. The number of rotatable bonds is 5. The van der Waals surface area contributed by atoms with Crippen molar-refractivity contribution in [2.24, 2.45) is 11.8 Å². The Morgan fingerprint density at radius 1 is 1.00 bits per heavy atom. The van der Waals surface area contributed by atoms with E-state index < -0.39 is 8.32 Å². The molecule has 152 valence electrons. The summed E-state index contributed by atoms with van der Waals surface area (Å²) >= 11 is 0. The van der Waals surface area contributed by atoms with Gasteiger partial charge in [-0.2, -0.15) is 0 Å². The molecule has 1 unspecified atom stereocenters. The lowest BCUT2D eigenvalue weighted by Crippen LogP contribution is -2.59. The quantitative estimate of drug-likeness (QED) is 0.366. The van der Waals surface area contributed by atoms with Gasteiger partial charge in [0.2, 0.25) is 8.32 Å². The lowest BCUT2D eigenvalue weighted by atomic mass is 9.82. The first-order chi connectivity index (χ1) is 12.4. The van der Waals surface area contributed by atoms with Crippen LogP contribution in [0.1, 0.15) is 80.7 Å². The topological polar surface area (TPSA) is 9.23 Å². The van der Waals surface area contributed by atoms with Crippen LogP contribution in [0.5, 0.6) is 0 Å². The lowest BCUT2D eigenvalue weighted by Gasteiger charge is -2.56. The molecule has 0 N–H and O–H groups in total. The van der Waals surface area contributed by atoms with E-state index in [0.29, 0.717) is 5.54 Å². The first-order valence-corrected chi connectivity index (χ1v) is 12.7. The van der Waals surface area contributed by atoms with Crippen molar-refractivity contribution >= 4 is 8.32 Å². The second-order valence-electron chi connectivity index (χ2n) is 11.0. The summed E-state index contributed by atoms with van der Waals surface area (Å²) in [6.45, 7) is 22.5. The number of benzene rings is 1. The lowest BCUT2D eigenvalue weighted by molar-refractivity contribution is 0.225. The summed E-state index contributed by atoms with van der Waals surface area (Å²) in [5, 5.41) is 0.331. The van der Waals surface area contributed by atoms with Crippen LogP contribution in [0.4, 0.5) is 0 Å². The summed E-state index contributed by atoms with van der Waals surface area (Å²) in [5.41, 5.74) is 3.46. The second kappa shape index (κ2) is 8.25. The molecule has 1 aromatic rings. The van der Waals surface area contributed by atoms with Crippen molar-refractivity contribution in [2.75, 3.05) is 0 Å². The van der Waals surface area contributed by atoms with Crippen LogP contribution in [-0.4, -0.2) is 8.32 Å². The average molecular weight is 387 g/mol. The zero-order chi connectivity index (χ0) is 20.5. The average Bonchev–Trinajstić information content (AvgIpc) is 2.55. The van der Waals surface area contributed by atoms with Gasteiger partial charge in [-0.15, -0.1) is 0 Å². The highest BCUT2D eigenvalue weighted by molar-refractivity contribution is 6.81. The summed E-state index contributed by atoms with van der Waals surface area (Å²) in [6, 6.07) is 10.7. The van der Waals surface area contributed by atoms with Crippen molar-refractivity contribution in [1.82, 2.24) is 0 Å². The molecule has 27 heavy (non-hydrogen) atoms. The number of hydrogen-bond acceptors (Lipinski definition) is 1. The molecular formula is C25H42OSi. The van der Waals surface area contributed by atoms with Gasteiger partial charge in [0, 0.05) is 0 Å². The largest absolute Gasteiger partial charge is 0.411 e. The smallest absolute Gasteiger partial charge is 0.210 e. The van der Waals surface area contributed by atoms with Crippen LogP contribution in [0, 0.1) is 11.8 Å². The minimum atomic E-state index is -2.20. The predicted molar refractivity (Wildman–Crippen MR) is 121 cm³/mol. The molecule has 2 atom stereocenters. The molecule has 0 aliphatic heterocycles. The van der Waals surface area contributed by atoms with Gasteiger partial charge in [-0.25, -0.2) is 0 Å². The summed E-state index contributed by atoms with van der Waals surface area (Å²) in [5.74, 6) is 1.51. The molecule has 1 nitrogen and oxygen atoms in total. The van der Waals surface area contributed by atoms with E-state index in [4.69, 9.17) is 4.43 Å². The van der Waals surface area contributed by atoms with Crippen molar-refractivity contribution < 1.29 is 4.43 Å². The Kier molecular flexibility index (Phi) is 6.85. The number of allylic oxidation sites excluding steroid dienone is 2. The zero-order valence-corrected chi connectivity index (χ0v) is 20.2. The van der Waals surface area contributed by atoms with Crippen LogP contribution in [0.2, 0.25) is 15.6 Å². The Bertz CT molecular complexity index is 617. The number of hydrogen-bond donors (Lipinski definition) is 0. The molecule has 0 aromatic heterocycles. The van der Waals surface area contributed by atoms with Crippen molar-refractivity contribution in [3.8, 4) is 0 Å². The molecule has 0 bridgehead atoms. The van der Waals surface area contributed by atoms with Crippen LogP contribution >= 0.6 is 0 Å². The maximum atomic E-state index is 7.18. The van der Waals surface area contributed by atoms with E-state index in [9.17, 15) is 0 Å². The molecule has 0 saturated heterocycles. The van der Waals surface area contributed by atoms with E-state index >= 15 is 0 Å². The molecule has 1 aliphatic rings. The minimum Gasteiger partial charge on any atom is -0.411 e. The third kappa shape index (κ3) is 4.59. The fourth-order valence-corrected chi connectivity index (χ4v) is 12.8. The molecule has 0 radical (unpaired) electrons. The third-order valence-corrected chi connectivity index (χ3v) is 13.5. The minimum absolute atomic E-state index is 0.165. The van der Waals surface area contributed by atoms with Gasteiger partial charge in [-0.1, -0.05) is 97.4 Å². The molecule has 1 aromatic carbocycles. The van der Waals surface area contributed by atoms with E-state index in [2.05, 4.69) is 98.7 Å². The van der Waals surface area contributed by atoms with Gasteiger partial charge in [0.1, 0.15) is 0 Å². The fourth-order valence-electron chi connectivity index (χ4n) is 5.57. The van der Waals surface area contributed by atoms with E-state index in [-0.39, 0.29) is 10.1 Å². The molecule has 1 aliphatic carbocycles. The first-order valence-electron chi connectivity index (χ1n) is 10.7. The first kappa shape index (κ1) is 22.4. The fraction of sp³-hybridized carbons (Fsp3) is 0.680. The molecule has 0 saturated carbocycles. The summed E-state index contributed by atoms with van der Waals surface area (Å²) in [7, 11) is -2.20. The van der Waals surface area contributed by atoms with E-state index in [0.717, 1.165) is 18.4 Å². The maximum absolute atomic E-state index is 7.18. The van der Waals surface area contributed by atoms with Gasteiger partial charge in [0.15, 0.2) is 0 Å². The van der Waals surface area contributed by atoms with Crippen molar-refractivity contribution in [1.29, 1.82) is 0 Å². The SMILES string of the molecule is CC1=CC[C@@H](C(C)C)CC1[Si](OCc1ccccc1)(C(C)(C)C)C(C)(C)C. The molecule has 0 amide bonds. The second-order valence-corrected chi connectivity index (χ2v) is 16.4. The van der Waals surface area contributed by atoms with Gasteiger partial charge in [0.05, 0.1) is 6.61 Å². The predicted octanol–water partition coefficient (Wildman–Crippen LogP) is 8.13. The van der Waals surface area contributed by atoms with E-state index in [1.807, 2.05) is 0 Å². The molecule has 0 heterocycles. The highest BCUT2D eigenvalue weighted by Crippen LogP contribution is 2.62. The summed E-state index contributed by atoms with van der Waals surface area (Å²) in [4.78, 5) is 0. The van der Waals surface area contributed by atoms with Gasteiger partial charge < -0.3 is 4.43 Å². The van der Waals surface area contributed by atoms with Gasteiger partial charge >= 0.3 is 0 Å². The van der Waals surface area contributed by atoms with Crippen molar-refractivity contribution in [3.63, 3.8) is 0 Å². The van der Waals surface area contributed by atoms with E-state index in [1.54, 1.807) is 5.57 Å². The van der Waals surface area contributed by atoms with Crippen LogP contribution in [-0.2, 0) is 11.0 Å². The summed E-state index contributed by atoms with van der Waals surface area (Å²) in [6.07, 6.45) is 5.05. The Labute approximate surface area is 169 Å². The summed E-state index contributed by atoms with van der Waals surface area (Å²) < 4.78 is 7.18. The molecular weight excluding hydrogens is 344 g/mol. The van der Waals surface area contributed by atoms with Crippen LogP contribution in [0.3, 0.4) is 0 Å². The highest BCUT2D eigenvalue weighted by atomic mass is 28.4. The Morgan fingerprint density at radius 3 is 2.04 bits per heavy atom. The third-order valence-electron chi connectivity index (χ3n) is 6.80. The molecule has 2 heteroatoms. The standard InChI is InChI=1S/C25H42OSi/c1-19(2)22-16-15-20(3)23(17-22)27(24(4,5)6,25(7,8)9)26-18-21-13-11-10-12-14-21/h10-15,19,22-23H,16-18H2,1-9H3/t22-,23?/m1/s1. The molecule has 2 rings (SSSR count). The van der Waals surface area contributed by atoms with Gasteiger partial charge in [-0.05, 0) is 52.8 Å². The monoisotopic (exact) mass is 386 g/mol. The maximum Gasteiger partial charge on any atom is 0.210 e. The van der Waals surface area contributed by atoms with Crippen molar-refractivity contribution in [3.05, 3.63) is 47.5 Å².